The van der Waals surface area contributed by atoms with Crippen molar-refractivity contribution in [1.29, 1.82) is 0 Å². The number of nitrogens with zero attached hydrogens (tertiary/aromatic N) is 2. The van der Waals surface area contributed by atoms with Gasteiger partial charge in [0.25, 0.3) is 5.56 Å². The first-order chi connectivity index (χ1) is 10.6. The summed E-state index contributed by atoms with van der Waals surface area (Å²) in [5.74, 6) is -0.143. The van der Waals surface area contributed by atoms with Crippen molar-refractivity contribution in [2.24, 2.45) is 0 Å². The first-order valence-corrected chi connectivity index (χ1v) is 8.29. The summed E-state index contributed by atoms with van der Waals surface area (Å²) in [5, 5.41) is 5.24. The van der Waals surface area contributed by atoms with Crippen LogP contribution in [0.25, 0.3) is 10.2 Å². The number of rotatable bonds is 4. The summed E-state index contributed by atoms with van der Waals surface area (Å²) in [6.07, 6.45) is 1.71. The molecule has 1 aromatic carbocycles. The smallest absolute Gasteiger partial charge is 0.262 e. The van der Waals surface area contributed by atoms with Crippen molar-refractivity contribution in [1.82, 2.24) is 9.55 Å². The fourth-order valence-electron chi connectivity index (χ4n) is 2.06. The molecule has 0 spiro atoms. The molecular weight excluding hydrogens is 366 g/mol. The van der Waals surface area contributed by atoms with E-state index in [1.807, 2.05) is 29.6 Å². The van der Waals surface area contributed by atoms with Crippen LogP contribution in [0.3, 0.4) is 0 Å². The van der Waals surface area contributed by atoms with E-state index in [9.17, 15) is 9.59 Å². The monoisotopic (exact) mass is 377 g/mol. The lowest BCUT2D eigenvalue weighted by atomic mass is 10.3. The van der Waals surface area contributed by atoms with Crippen molar-refractivity contribution in [2.75, 3.05) is 5.32 Å². The fourth-order valence-corrected chi connectivity index (χ4v) is 3.19. The molecule has 0 saturated heterocycles. The van der Waals surface area contributed by atoms with E-state index in [4.69, 9.17) is 0 Å². The third-order valence-electron chi connectivity index (χ3n) is 3.14. The number of hydrogen-bond acceptors (Lipinski definition) is 4. The molecule has 5 nitrogen and oxygen atoms in total. The van der Waals surface area contributed by atoms with Crippen LogP contribution in [-0.4, -0.2) is 15.5 Å². The van der Waals surface area contributed by atoms with E-state index in [1.54, 1.807) is 6.07 Å². The van der Waals surface area contributed by atoms with E-state index in [0.29, 0.717) is 11.9 Å². The van der Waals surface area contributed by atoms with E-state index in [0.717, 1.165) is 15.0 Å². The van der Waals surface area contributed by atoms with Gasteiger partial charge in [-0.3, -0.25) is 14.2 Å². The molecule has 2 heterocycles. The molecule has 3 aromatic rings. The van der Waals surface area contributed by atoms with Crippen LogP contribution in [0, 0.1) is 0 Å². The van der Waals surface area contributed by atoms with Gasteiger partial charge in [0.1, 0.15) is 4.83 Å². The summed E-state index contributed by atoms with van der Waals surface area (Å²) >= 11 is 4.78. The minimum absolute atomic E-state index is 0.110. The normalized spacial score (nSPS) is 10.8. The molecule has 0 aliphatic carbocycles. The average Bonchev–Trinajstić information content (AvgIpc) is 2.96. The van der Waals surface area contributed by atoms with Crippen LogP contribution in [0.1, 0.15) is 6.42 Å². The first-order valence-electron chi connectivity index (χ1n) is 6.61. The Morgan fingerprint density at radius 3 is 3.05 bits per heavy atom. The molecule has 0 unspecified atom stereocenters. The number of thiophene rings is 1. The van der Waals surface area contributed by atoms with Gasteiger partial charge in [0, 0.05) is 23.1 Å². The number of anilines is 1. The molecule has 1 amide bonds. The van der Waals surface area contributed by atoms with Crippen LogP contribution in [0.4, 0.5) is 5.69 Å². The Morgan fingerprint density at radius 1 is 1.36 bits per heavy atom. The molecule has 0 bridgehead atoms. The van der Waals surface area contributed by atoms with Crippen molar-refractivity contribution in [2.45, 2.75) is 13.0 Å². The SMILES string of the molecule is O=C(CCn1cnc2sccc2c1=O)Nc1cccc(Br)c1. The van der Waals surface area contributed by atoms with Gasteiger partial charge in [0.05, 0.1) is 11.7 Å². The van der Waals surface area contributed by atoms with Gasteiger partial charge in [-0.2, -0.15) is 0 Å². The van der Waals surface area contributed by atoms with Gasteiger partial charge in [-0.15, -0.1) is 11.3 Å². The molecule has 1 N–H and O–H groups in total. The van der Waals surface area contributed by atoms with Gasteiger partial charge in [0.15, 0.2) is 0 Å². The topological polar surface area (TPSA) is 64.0 Å². The Morgan fingerprint density at radius 2 is 2.23 bits per heavy atom. The Bertz CT molecular complexity index is 888. The molecule has 112 valence electrons. The largest absolute Gasteiger partial charge is 0.326 e. The summed E-state index contributed by atoms with van der Waals surface area (Å²) in [6.45, 7) is 0.303. The number of fused-ring (bicyclic) bond motifs is 1. The maximum Gasteiger partial charge on any atom is 0.262 e. The van der Waals surface area contributed by atoms with E-state index in [1.165, 1.54) is 22.2 Å². The number of benzene rings is 1. The molecule has 2 aromatic heterocycles. The summed E-state index contributed by atoms with van der Waals surface area (Å²) in [7, 11) is 0. The highest BCUT2D eigenvalue weighted by molar-refractivity contribution is 9.10. The van der Waals surface area contributed by atoms with Crippen molar-refractivity contribution < 1.29 is 4.79 Å². The maximum absolute atomic E-state index is 12.2. The van der Waals surface area contributed by atoms with Gasteiger partial charge in [-0.1, -0.05) is 22.0 Å². The maximum atomic E-state index is 12.2. The quantitative estimate of drug-likeness (QED) is 0.758. The van der Waals surface area contributed by atoms with E-state index >= 15 is 0 Å². The number of halogens is 1. The Hall–Kier alpha value is -1.99. The lowest BCUT2D eigenvalue weighted by Gasteiger charge is -2.07. The predicted molar refractivity (Wildman–Crippen MR) is 91.3 cm³/mol. The Kier molecular flexibility index (Phi) is 4.35. The van der Waals surface area contributed by atoms with E-state index in [-0.39, 0.29) is 17.9 Å². The van der Waals surface area contributed by atoms with Crippen molar-refractivity contribution in [3.05, 3.63) is 56.9 Å². The molecule has 0 fully saturated rings. The molecule has 0 atom stereocenters. The lowest BCUT2D eigenvalue weighted by Crippen LogP contribution is -2.23. The predicted octanol–water partition coefficient (Wildman–Crippen LogP) is 3.25. The van der Waals surface area contributed by atoms with E-state index < -0.39 is 0 Å². The minimum Gasteiger partial charge on any atom is -0.326 e. The number of carbonyl (C=O) groups is 1. The molecule has 3 rings (SSSR count). The van der Waals surface area contributed by atoms with Gasteiger partial charge in [-0.05, 0) is 29.6 Å². The van der Waals surface area contributed by atoms with Crippen LogP contribution < -0.4 is 10.9 Å². The standard InChI is InChI=1S/C15H12BrN3O2S/c16-10-2-1-3-11(8-10)18-13(20)4-6-19-9-17-14-12(15(19)21)5-7-22-14/h1-3,5,7-9H,4,6H2,(H,18,20). The second-order valence-electron chi connectivity index (χ2n) is 4.69. The third-order valence-corrected chi connectivity index (χ3v) is 4.45. The fraction of sp³-hybridized carbons (Fsp3) is 0.133. The lowest BCUT2D eigenvalue weighted by molar-refractivity contribution is -0.116. The third kappa shape index (κ3) is 3.26. The molecule has 0 saturated carbocycles. The zero-order valence-electron chi connectivity index (χ0n) is 11.5. The van der Waals surface area contributed by atoms with Crippen LogP contribution in [0.15, 0.2) is 51.3 Å². The second kappa shape index (κ2) is 6.41. The first kappa shape index (κ1) is 14.9. The molecule has 0 radical (unpaired) electrons. The molecule has 22 heavy (non-hydrogen) atoms. The summed E-state index contributed by atoms with van der Waals surface area (Å²) in [6, 6.07) is 9.12. The van der Waals surface area contributed by atoms with Crippen molar-refractivity contribution in [3.8, 4) is 0 Å². The van der Waals surface area contributed by atoms with Crippen molar-refractivity contribution >= 4 is 49.1 Å². The van der Waals surface area contributed by atoms with Crippen LogP contribution in [0.2, 0.25) is 0 Å². The van der Waals surface area contributed by atoms with Gasteiger partial charge >= 0.3 is 0 Å². The van der Waals surface area contributed by atoms with Crippen LogP contribution in [0.5, 0.6) is 0 Å². The highest BCUT2D eigenvalue weighted by Gasteiger charge is 2.07. The minimum atomic E-state index is -0.143. The highest BCUT2D eigenvalue weighted by Crippen LogP contribution is 2.16. The number of nitrogens with one attached hydrogen (secondary N) is 1. The van der Waals surface area contributed by atoms with Gasteiger partial charge < -0.3 is 5.32 Å². The Labute approximate surface area is 138 Å². The van der Waals surface area contributed by atoms with E-state index in [2.05, 4.69) is 26.2 Å². The molecule has 0 aliphatic rings. The van der Waals surface area contributed by atoms with Gasteiger partial charge in [-0.25, -0.2) is 4.98 Å². The Balaban J connectivity index is 1.67. The van der Waals surface area contributed by atoms with Crippen LogP contribution in [-0.2, 0) is 11.3 Å². The second-order valence-corrected chi connectivity index (χ2v) is 6.50. The molecular formula is C15H12BrN3O2S. The van der Waals surface area contributed by atoms with Crippen LogP contribution >= 0.6 is 27.3 Å². The molecule has 7 heteroatoms. The summed E-state index contributed by atoms with van der Waals surface area (Å²) < 4.78 is 2.36. The number of aromatic nitrogens is 2. The molecule has 0 aliphatic heterocycles. The summed E-state index contributed by atoms with van der Waals surface area (Å²) in [4.78, 5) is 29.1. The number of amides is 1. The number of hydrogen-bond donors (Lipinski definition) is 1. The average molecular weight is 378 g/mol. The number of aryl methyl sites for hydroxylation is 1. The van der Waals surface area contributed by atoms with Crippen molar-refractivity contribution in [3.63, 3.8) is 0 Å². The zero-order valence-corrected chi connectivity index (χ0v) is 13.9. The van der Waals surface area contributed by atoms with Gasteiger partial charge in [0.2, 0.25) is 5.91 Å². The zero-order chi connectivity index (χ0) is 15.5. The number of carbonyl (C=O) groups excluding carboxylic acids is 1. The highest BCUT2D eigenvalue weighted by atomic mass is 79.9. The summed E-state index contributed by atoms with van der Waals surface area (Å²) in [5.41, 5.74) is 0.611.